The quantitative estimate of drug-likeness (QED) is 0.724. The first-order valence-electron chi connectivity index (χ1n) is 7.73. The molecule has 0 spiro atoms. The fraction of sp³-hybridized carbons (Fsp3) is 0.167. The molecule has 1 amide bonds. The number of nitrogens with zero attached hydrogens (tertiary/aromatic N) is 2. The maximum Gasteiger partial charge on any atom is 0.407 e. The lowest BCUT2D eigenvalue weighted by molar-refractivity contribution is 0.139. The molecule has 0 fully saturated rings. The predicted octanol–water partition coefficient (Wildman–Crippen LogP) is 3.86. The van der Waals surface area contributed by atoms with Crippen LogP contribution >= 0.6 is 11.6 Å². The standard InChI is InChI=1S/C18H16ClN3O3/c19-15-8-6-14(7-9-15)17-22-21-16(25-17)10-11-20-18(23)24-12-13-4-2-1-3-5-13/h1-9H,10-12H2,(H,20,23). The Balaban J connectivity index is 1.43. The Bertz CT molecular complexity index is 819. The number of alkyl carbamates (subject to hydrolysis) is 1. The van der Waals surface area contributed by atoms with Crippen molar-refractivity contribution in [3.8, 4) is 11.5 Å². The van der Waals surface area contributed by atoms with E-state index >= 15 is 0 Å². The lowest BCUT2D eigenvalue weighted by Crippen LogP contribution is -2.26. The van der Waals surface area contributed by atoms with Crippen LogP contribution in [0.25, 0.3) is 11.5 Å². The van der Waals surface area contributed by atoms with Crippen molar-refractivity contribution in [3.63, 3.8) is 0 Å². The average Bonchev–Trinajstić information content (AvgIpc) is 3.10. The third-order valence-corrected chi connectivity index (χ3v) is 3.63. The van der Waals surface area contributed by atoms with E-state index in [-0.39, 0.29) is 6.61 Å². The molecule has 3 aromatic rings. The fourth-order valence-electron chi connectivity index (χ4n) is 2.11. The molecule has 128 valence electrons. The van der Waals surface area contributed by atoms with Gasteiger partial charge in [0, 0.05) is 23.6 Å². The minimum absolute atomic E-state index is 0.230. The molecule has 25 heavy (non-hydrogen) atoms. The van der Waals surface area contributed by atoms with E-state index in [1.165, 1.54) is 0 Å². The molecule has 0 unspecified atom stereocenters. The molecule has 7 heteroatoms. The molecule has 2 aromatic carbocycles. The number of carbonyl (C=O) groups excluding carboxylic acids is 1. The van der Waals surface area contributed by atoms with Gasteiger partial charge in [0.1, 0.15) is 6.61 Å². The highest BCUT2D eigenvalue weighted by Crippen LogP contribution is 2.20. The number of benzene rings is 2. The van der Waals surface area contributed by atoms with Crippen molar-refractivity contribution in [1.29, 1.82) is 0 Å². The number of aromatic nitrogens is 2. The van der Waals surface area contributed by atoms with Crippen LogP contribution < -0.4 is 5.32 Å². The Morgan fingerprint density at radius 3 is 2.60 bits per heavy atom. The van der Waals surface area contributed by atoms with Gasteiger partial charge in [-0.3, -0.25) is 0 Å². The first-order chi connectivity index (χ1) is 12.2. The van der Waals surface area contributed by atoms with Crippen molar-refractivity contribution in [2.75, 3.05) is 6.54 Å². The largest absolute Gasteiger partial charge is 0.445 e. The zero-order chi connectivity index (χ0) is 17.5. The number of nitrogens with one attached hydrogen (secondary N) is 1. The van der Waals surface area contributed by atoms with Crippen LogP contribution in [0.3, 0.4) is 0 Å². The normalized spacial score (nSPS) is 10.4. The SMILES string of the molecule is O=C(NCCc1nnc(-c2ccc(Cl)cc2)o1)OCc1ccccc1. The molecule has 0 aliphatic heterocycles. The highest BCUT2D eigenvalue weighted by molar-refractivity contribution is 6.30. The molecule has 1 heterocycles. The summed E-state index contributed by atoms with van der Waals surface area (Å²) >= 11 is 5.85. The summed E-state index contributed by atoms with van der Waals surface area (Å²) in [4.78, 5) is 11.7. The van der Waals surface area contributed by atoms with E-state index in [9.17, 15) is 4.79 Å². The van der Waals surface area contributed by atoms with Gasteiger partial charge in [0.15, 0.2) is 0 Å². The summed E-state index contributed by atoms with van der Waals surface area (Å²) in [6.07, 6.45) is -0.0672. The van der Waals surface area contributed by atoms with E-state index in [0.29, 0.717) is 29.8 Å². The molecule has 0 radical (unpaired) electrons. The van der Waals surface area contributed by atoms with Crippen LogP contribution in [0, 0.1) is 0 Å². The monoisotopic (exact) mass is 357 g/mol. The van der Waals surface area contributed by atoms with E-state index in [1.54, 1.807) is 24.3 Å². The molecule has 0 saturated heterocycles. The molecule has 3 rings (SSSR count). The van der Waals surface area contributed by atoms with Gasteiger partial charge >= 0.3 is 6.09 Å². The second-order valence-corrected chi connectivity index (χ2v) is 5.68. The van der Waals surface area contributed by atoms with Gasteiger partial charge in [0.25, 0.3) is 0 Å². The van der Waals surface area contributed by atoms with Crippen molar-refractivity contribution in [1.82, 2.24) is 15.5 Å². The van der Waals surface area contributed by atoms with Crippen LogP contribution in [0.4, 0.5) is 4.79 Å². The number of halogens is 1. The van der Waals surface area contributed by atoms with Gasteiger partial charge < -0.3 is 14.5 Å². The van der Waals surface area contributed by atoms with Gasteiger partial charge in [-0.1, -0.05) is 41.9 Å². The maximum atomic E-state index is 11.7. The summed E-state index contributed by atoms with van der Waals surface area (Å²) in [6, 6.07) is 16.6. The summed E-state index contributed by atoms with van der Waals surface area (Å²) in [6.45, 7) is 0.573. The Kier molecular flexibility index (Phi) is 5.64. The summed E-state index contributed by atoms with van der Waals surface area (Å²) < 4.78 is 10.7. The lowest BCUT2D eigenvalue weighted by Gasteiger charge is -2.05. The molecular weight excluding hydrogens is 342 g/mol. The number of rotatable bonds is 6. The summed E-state index contributed by atoms with van der Waals surface area (Å²) in [5.41, 5.74) is 1.72. The first kappa shape index (κ1) is 17.0. The van der Waals surface area contributed by atoms with Crippen LogP contribution in [0.1, 0.15) is 11.5 Å². The molecule has 0 atom stereocenters. The molecule has 0 saturated carbocycles. The van der Waals surface area contributed by atoms with Crippen LogP contribution in [-0.4, -0.2) is 22.8 Å². The van der Waals surface area contributed by atoms with E-state index in [2.05, 4.69) is 15.5 Å². The first-order valence-corrected chi connectivity index (χ1v) is 8.11. The van der Waals surface area contributed by atoms with E-state index in [1.807, 2.05) is 30.3 Å². The fourth-order valence-corrected chi connectivity index (χ4v) is 2.24. The molecular formula is C18H16ClN3O3. The van der Waals surface area contributed by atoms with Gasteiger partial charge in [-0.2, -0.15) is 0 Å². The van der Waals surface area contributed by atoms with Crippen molar-refractivity contribution in [2.45, 2.75) is 13.0 Å². The average molecular weight is 358 g/mol. The van der Waals surface area contributed by atoms with Gasteiger partial charge in [-0.25, -0.2) is 4.79 Å². The maximum absolute atomic E-state index is 11.7. The summed E-state index contributed by atoms with van der Waals surface area (Å²) in [5.74, 6) is 0.853. The molecule has 6 nitrogen and oxygen atoms in total. The molecule has 0 aliphatic rings. The number of carbonyl (C=O) groups is 1. The zero-order valence-electron chi connectivity index (χ0n) is 13.3. The third-order valence-electron chi connectivity index (χ3n) is 3.38. The smallest absolute Gasteiger partial charge is 0.407 e. The van der Waals surface area contributed by atoms with Crippen molar-refractivity contribution in [3.05, 3.63) is 71.1 Å². The number of ether oxygens (including phenoxy) is 1. The molecule has 1 aromatic heterocycles. The number of hydrogen-bond acceptors (Lipinski definition) is 5. The van der Waals surface area contributed by atoms with Crippen LogP contribution in [-0.2, 0) is 17.8 Å². The Morgan fingerprint density at radius 2 is 1.84 bits per heavy atom. The second-order valence-electron chi connectivity index (χ2n) is 5.25. The topological polar surface area (TPSA) is 77.3 Å². The van der Waals surface area contributed by atoms with Crippen molar-refractivity contribution in [2.24, 2.45) is 0 Å². The Labute approximate surface area is 149 Å². The van der Waals surface area contributed by atoms with E-state index in [0.717, 1.165) is 11.1 Å². The number of hydrogen-bond donors (Lipinski definition) is 1. The minimum atomic E-state index is -0.485. The molecule has 0 aliphatic carbocycles. The summed E-state index contributed by atoms with van der Waals surface area (Å²) in [7, 11) is 0. The number of amides is 1. The minimum Gasteiger partial charge on any atom is -0.445 e. The van der Waals surface area contributed by atoms with Crippen LogP contribution in [0.2, 0.25) is 5.02 Å². The Hall–Kier alpha value is -2.86. The summed E-state index contributed by atoms with van der Waals surface area (Å²) in [5, 5.41) is 11.2. The van der Waals surface area contributed by atoms with Crippen LogP contribution in [0.15, 0.2) is 59.0 Å². The lowest BCUT2D eigenvalue weighted by atomic mass is 10.2. The van der Waals surface area contributed by atoms with Gasteiger partial charge in [-0.15, -0.1) is 10.2 Å². The van der Waals surface area contributed by atoms with E-state index in [4.69, 9.17) is 20.8 Å². The van der Waals surface area contributed by atoms with Crippen LogP contribution in [0.5, 0.6) is 0 Å². The van der Waals surface area contributed by atoms with Crippen molar-refractivity contribution < 1.29 is 13.9 Å². The third kappa shape index (κ3) is 5.06. The van der Waals surface area contributed by atoms with Gasteiger partial charge in [0.05, 0.1) is 0 Å². The highest BCUT2D eigenvalue weighted by atomic mass is 35.5. The Morgan fingerprint density at radius 1 is 1.08 bits per heavy atom. The molecule has 0 bridgehead atoms. The molecule has 1 N–H and O–H groups in total. The second kappa shape index (κ2) is 8.30. The van der Waals surface area contributed by atoms with Gasteiger partial charge in [-0.05, 0) is 29.8 Å². The van der Waals surface area contributed by atoms with Crippen molar-refractivity contribution >= 4 is 17.7 Å². The highest BCUT2D eigenvalue weighted by Gasteiger charge is 2.09. The van der Waals surface area contributed by atoms with Gasteiger partial charge in [0.2, 0.25) is 11.8 Å². The zero-order valence-corrected chi connectivity index (χ0v) is 14.1. The predicted molar refractivity (Wildman–Crippen MR) is 93.1 cm³/mol. The van der Waals surface area contributed by atoms with E-state index < -0.39 is 6.09 Å².